The van der Waals surface area contributed by atoms with Gasteiger partial charge in [0.15, 0.2) is 11.5 Å². The molecule has 1 aliphatic rings. The van der Waals surface area contributed by atoms with Gasteiger partial charge < -0.3 is 20.7 Å². The SMILES string of the molecule is N#C[C@]1(CO)O[C@@H](n2cnc3c(N)ncnc32)CC1O. The number of nitrogen functional groups attached to an aromatic ring is 1. The van der Waals surface area contributed by atoms with Gasteiger partial charge >= 0.3 is 0 Å². The van der Waals surface area contributed by atoms with Crippen LogP contribution in [0.5, 0.6) is 0 Å². The van der Waals surface area contributed by atoms with E-state index in [1.54, 1.807) is 4.57 Å². The maximum Gasteiger partial charge on any atom is 0.205 e. The maximum atomic E-state index is 9.94. The van der Waals surface area contributed by atoms with Crippen molar-refractivity contribution in [3.05, 3.63) is 12.7 Å². The molecule has 3 atom stereocenters. The van der Waals surface area contributed by atoms with E-state index in [1.165, 1.54) is 12.7 Å². The van der Waals surface area contributed by atoms with Crippen molar-refractivity contribution in [2.45, 2.75) is 24.4 Å². The first-order chi connectivity index (χ1) is 9.61. The molecule has 0 radical (unpaired) electrons. The van der Waals surface area contributed by atoms with Crippen molar-refractivity contribution >= 4 is 17.0 Å². The molecule has 0 aromatic carbocycles. The lowest BCUT2D eigenvalue weighted by atomic mass is 10.00. The second-order valence-electron chi connectivity index (χ2n) is 4.57. The van der Waals surface area contributed by atoms with E-state index in [0.29, 0.717) is 11.2 Å². The second-order valence-corrected chi connectivity index (χ2v) is 4.57. The van der Waals surface area contributed by atoms with Crippen LogP contribution in [0.4, 0.5) is 5.82 Å². The Morgan fingerprint density at radius 2 is 2.35 bits per heavy atom. The largest absolute Gasteiger partial charge is 0.392 e. The number of fused-ring (bicyclic) bond motifs is 1. The van der Waals surface area contributed by atoms with Gasteiger partial charge in [-0.15, -0.1) is 0 Å². The third-order valence-electron chi connectivity index (χ3n) is 3.43. The van der Waals surface area contributed by atoms with Crippen LogP contribution in [0.15, 0.2) is 12.7 Å². The van der Waals surface area contributed by atoms with Crippen molar-refractivity contribution in [1.29, 1.82) is 5.26 Å². The maximum absolute atomic E-state index is 9.94. The van der Waals surface area contributed by atoms with Gasteiger partial charge in [-0.2, -0.15) is 5.26 Å². The first-order valence-electron chi connectivity index (χ1n) is 5.92. The highest BCUT2D eigenvalue weighted by molar-refractivity contribution is 5.81. The normalized spacial score (nSPS) is 29.6. The van der Waals surface area contributed by atoms with Crippen LogP contribution >= 0.6 is 0 Å². The fraction of sp³-hybridized carbons (Fsp3) is 0.455. The number of aromatic nitrogens is 4. The molecule has 9 nitrogen and oxygen atoms in total. The van der Waals surface area contributed by atoms with Gasteiger partial charge in [0.25, 0.3) is 0 Å². The number of imidazole rings is 1. The molecule has 9 heteroatoms. The van der Waals surface area contributed by atoms with E-state index in [-0.39, 0.29) is 12.2 Å². The number of ether oxygens (including phenoxy) is 1. The molecule has 104 valence electrons. The molecule has 20 heavy (non-hydrogen) atoms. The first kappa shape index (κ1) is 12.7. The number of hydrogen-bond acceptors (Lipinski definition) is 8. The minimum absolute atomic E-state index is 0.142. The zero-order chi connectivity index (χ0) is 14.3. The predicted octanol–water partition coefficient (Wildman–Crippen LogP) is -1.06. The number of hydrogen-bond donors (Lipinski definition) is 3. The van der Waals surface area contributed by atoms with E-state index in [1.807, 2.05) is 6.07 Å². The monoisotopic (exact) mass is 276 g/mol. The topological polar surface area (TPSA) is 143 Å². The van der Waals surface area contributed by atoms with Crippen molar-refractivity contribution in [2.24, 2.45) is 0 Å². The van der Waals surface area contributed by atoms with Gasteiger partial charge in [-0.25, -0.2) is 15.0 Å². The summed E-state index contributed by atoms with van der Waals surface area (Å²) < 4.78 is 7.07. The molecule has 3 heterocycles. The summed E-state index contributed by atoms with van der Waals surface area (Å²) >= 11 is 0. The minimum atomic E-state index is -1.63. The fourth-order valence-corrected chi connectivity index (χ4v) is 2.28. The summed E-state index contributed by atoms with van der Waals surface area (Å²) in [6.07, 6.45) is 1.14. The van der Waals surface area contributed by atoms with E-state index in [2.05, 4.69) is 15.0 Å². The van der Waals surface area contributed by atoms with Crippen LogP contribution in [0, 0.1) is 11.3 Å². The number of aliphatic hydroxyl groups excluding tert-OH is 2. The van der Waals surface area contributed by atoms with Crippen molar-refractivity contribution < 1.29 is 14.9 Å². The minimum Gasteiger partial charge on any atom is -0.392 e. The number of anilines is 1. The van der Waals surface area contributed by atoms with Crippen LogP contribution in [0.25, 0.3) is 11.2 Å². The Morgan fingerprint density at radius 1 is 1.55 bits per heavy atom. The molecule has 0 saturated carbocycles. The molecule has 0 spiro atoms. The number of nitrogens with zero attached hydrogens (tertiary/aromatic N) is 5. The average molecular weight is 276 g/mol. The smallest absolute Gasteiger partial charge is 0.205 e. The molecule has 1 fully saturated rings. The number of aliphatic hydroxyl groups is 2. The molecule has 1 saturated heterocycles. The fourth-order valence-electron chi connectivity index (χ4n) is 2.28. The summed E-state index contributed by atoms with van der Waals surface area (Å²) in [5.74, 6) is 0.237. The highest BCUT2D eigenvalue weighted by atomic mass is 16.6. The van der Waals surface area contributed by atoms with Gasteiger partial charge in [-0.05, 0) is 0 Å². The summed E-state index contributed by atoms with van der Waals surface area (Å²) in [6, 6.07) is 1.81. The molecular formula is C11H12N6O3. The number of nitriles is 1. The van der Waals surface area contributed by atoms with E-state index in [0.717, 1.165) is 0 Å². The van der Waals surface area contributed by atoms with Crippen molar-refractivity contribution in [3.8, 4) is 6.07 Å². The van der Waals surface area contributed by atoms with Crippen LogP contribution < -0.4 is 5.73 Å². The Balaban J connectivity index is 2.02. The molecule has 4 N–H and O–H groups in total. The summed E-state index contributed by atoms with van der Waals surface area (Å²) in [7, 11) is 0. The van der Waals surface area contributed by atoms with Crippen LogP contribution in [-0.2, 0) is 4.74 Å². The van der Waals surface area contributed by atoms with Gasteiger partial charge in [0.05, 0.1) is 12.9 Å². The Morgan fingerprint density at radius 3 is 3.00 bits per heavy atom. The van der Waals surface area contributed by atoms with Crippen molar-refractivity contribution in [1.82, 2.24) is 19.5 Å². The van der Waals surface area contributed by atoms with E-state index in [9.17, 15) is 10.2 Å². The molecule has 2 aromatic rings. The number of nitrogens with two attached hydrogens (primary N) is 1. The molecule has 1 unspecified atom stereocenters. The van der Waals surface area contributed by atoms with Gasteiger partial charge in [-0.1, -0.05) is 0 Å². The summed E-state index contributed by atoms with van der Waals surface area (Å²) in [5, 5.41) is 28.3. The molecule has 0 bridgehead atoms. The lowest BCUT2D eigenvalue weighted by Crippen LogP contribution is -2.41. The molecule has 2 aromatic heterocycles. The van der Waals surface area contributed by atoms with Gasteiger partial charge in [-0.3, -0.25) is 4.57 Å². The standard InChI is InChI=1S/C11H12N6O3/c12-2-11(3-18)6(19)1-7(20-11)17-5-16-8-9(13)14-4-15-10(8)17/h4-7,18-19H,1,3H2,(H2,13,14,15)/t6?,7-,11-/m1/s1. The zero-order valence-corrected chi connectivity index (χ0v) is 10.3. The van der Waals surface area contributed by atoms with Crippen molar-refractivity contribution in [2.75, 3.05) is 12.3 Å². The Bertz CT molecular complexity index is 695. The van der Waals surface area contributed by atoms with Gasteiger partial charge in [0, 0.05) is 6.42 Å². The highest BCUT2D eigenvalue weighted by Crippen LogP contribution is 2.37. The number of rotatable bonds is 2. The Hall–Kier alpha value is -2.28. The molecule has 1 aliphatic heterocycles. The van der Waals surface area contributed by atoms with E-state index in [4.69, 9.17) is 15.7 Å². The third-order valence-corrected chi connectivity index (χ3v) is 3.43. The second kappa shape index (κ2) is 4.38. The summed E-state index contributed by atoms with van der Waals surface area (Å²) in [4.78, 5) is 12.0. The Kier molecular flexibility index (Phi) is 2.79. The third kappa shape index (κ3) is 1.63. The summed E-state index contributed by atoms with van der Waals surface area (Å²) in [5.41, 5.74) is 4.93. The van der Waals surface area contributed by atoms with Crippen molar-refractivity contribution in [3.63, 3.8) is 0 Å². The Labute approximate surface area is 113 Å². The molecule has 3 rings (SSSR count). The van der Waals surface area contributed by atoms with Crippen LogP contribution in [0.1, 0.15) is 12.6 Å². The van der Waals surface area contributed by atoms with Gasteiger partial charge in [0.2, 0.25) is 5.60 Å². The average Bonchev–Trinajstić information content (AvgIpc) is 3.01. The van der Waals surface area contributed by atoms with E-state index >= 15 is 0 Å². The van der Waals surface area contributed by atoms with Crippen LogP contribution in [-0.4, -0.2) is 48.0 Å². The summed E-state index contributed by atoms with van der Waals surface area (Å²) in [6.45, 7) is -0.592. The predicted molar refractivity (Wildman–Crippen MR) is 65.9 cm³/mol. The molecule has 0 aliphatic carbocycles. The highest BCUT2D eigenvalue weighted by Gasteiger charge is 2.49. The van der Waals surface area contributed by atoms with E-state index < -0.39 is 24.5 Å². The van der Waals surface area contributed by atoms with Crippen LogP contribution in [0.3, 0.4) is 0 Å². The van der Waals surface area contributed by atoms with Gasteiger partial charge in [0.1, 0.15) is 30.2 Å². The quantitative estimate of drug-likeness (QED) is 0.630. The molecule has 0 amide bonds. The molecular weight excluding hydrogens is 264 g/mol. The lowest BCUT2D eigenvalue weighted by molar-refractivity contribution is -0.0904. The first-order valence-corrected chi connectivity index (χ1v) is 5.92. The van der Waals surface area contributed by atoms with Crippen LogP contribution in [0.2, 0.25) is 0 Å². The zero-order valence-electron chi connectivity index (χ0n) is 10.3. The lowest BCUT2D eigenvalue weighted by Gasteiger charge is -2.21.